The molecule has 1 atom stereocenters. The normalized spacial score (nSPS) is 12.1. The van der Waals surface area contributed by atoms with Crippen molar-refractivity contribution >= 4 is 21.8 Å². The van der Waals surface area contributed by atoms with Gasteiger partial charge in [-0.15, -0.1) is 0 Å². The van der Waals surface area contributed by atoms with E-state index in [9.17, 15) is 4.79 Å². The minimum atomic E-state index is -0.0670. The smallest absolute Gasteiger partial charge is 0.242 e. The second-order valence-corrected chi connectivity index (χ2v) is 6.24. The van der Waals surface area contributed by atoms with Crippen LogP contribution in [0.1, 0.15) is 18.5 Å². The first kappa shape index (κ1) is 15.6. The number of aromatic nitrogens is 3. The predicted octanol–water partition coefficient (Wildman–Crippen LogP) is 3.31. The monoisotopic (exact) mass is 372 g/mol. The Kier molecular flexibility index (Phi) is 4.62. The molecule has 0 spiro atoms. The molecule has 3 aromatic rings. The Morgan fingerprint density at radius 2 is 1.96 bits per heavy atom. The number of amides is 1. The quantitative estimate of drug-likeness (QED) is 0.746. The number of nitrogens with zero attached hydrogens (tertiary/aromatic N) is 3. The lowest BCUT2D eigenvalue weighted by Crippen LogP contribution is -2.30. The van der Waals surface area contributed by atoms with Gasteiger partial charge in [0, 0.05) is 24.3 Å². The highest BCUT2D eigenvalue weighted by Crippen LogP contribution is 2.16. The molecular weight excluding hydrogens is 356 g/mol. The molecule has 0 aliphatic rings. The number of halogens is 1. The molecule has 1 amide bonds. The number of carbonyl (C=O) groups excluding carboxylic acids is 1. The summed E-state index contributed by atoms with van der Waals surface area (Å²) in [7, 11) is 0. The van der Waals surface area contributed by atoms with E-state index < -0.39 is 0 Å². The van der Waals surface area contributed by atoms with E-state index in [1.807, 2.05) is 60.3 Å². The number of hydrogen-bond acceptors (Lipinski definition) is 2. The zero-order valence-corrected chi connectivity index (χ0v) is 14.3. The minimum Gasteiger partial charge on any atom is -0.348 e. The van der Waals surface area contributed by atoms with Crippen molar-refractivity contribution in [3.63, 3.8) is 0 Å². The summed E-state index contributed by atoms with van der Waals surface area (Å²) >= 11 is 3.32. The molecule has 5 nitrogen and oxygen atoms in total. The summed E-state index contributed by atoms with van der Waals surface area (Å²) in [6, 6.07) is 12.1. The largest absolute Gasteiger partial charge is 0.348 e. The van der Waals surface area contributed by atoms with Crippen molar-refractivity contribution in [3.05, 3.63) is 71.2 Å². The lowest BCUT2D eigenvalue weighted by atomic mass is 10.1. The number of rotatable bonds is 5. The van der Waals surface area contributed by atoms with Crippen LogP contribution >= 0.6 is 15.9 Å². The maximum atomic E-state index is 12.1. The van der Waals surface area contributed by atoms with Crippen LogP contribution in [0, 0.1) is 0 Å². The van der Waals surface area contributed by atoms with Crippen molar-refractivity contribution in [2.45, 2.75) is 19.5 Å². The fourth-order valence-corrected chi connectivity index (χ4v) is 2.71. The maximum Gasteiger partial charge on any atom is 0.242 e. The van der Waals surface area contributed by atoms with Gasteiger partial charge in [-0.2, -0.15) is 5.10 Å². The second-order valence-electron chi connectivity index (χ2n) is 5.33. The van der Waals surface area contributed by atoms with Crippen molar-refractivity contribution in [3.8, 4) is 5.69 Å². The molecule has 23 heavy (non-hydrogen) atoms. The maximum absolute atomic E-state index is 12.1. The molecule has 0 aliphatic carbocycles. The van der Waals surface area contributed by atoms with Gasteiger partial charge in [-0.25, -0.2) is 0 Å². The van der Waals surface area contributed by atoms with Crippen LogP contribution in [0.4, 0.5) is 0 Å². The van der Waals surface area contributed by atoms with Gasteiger partial charge in [-0.05, 0) is 52.7 Å². The fourth-order valence-electron chi connectivity index (χ4n) is 2.38. The van der Waals surface area contributed by atoms with Gasteiger partial charge in [0.25, 0.3) is 0 Å². The van der Waals surface area contributed by atoms with E-state index in [2.05, 4.69) is 26.3 Å². The molecule has 0 saturated carbocycles. The number of nitrogens with one attached hydrogen (secondary N) is 1. The highest BCUT2D eigenvalue weighted by Gasteiger charge is 2.10. The summed E-state index contributed by atoms with van der Waals surface area (Å²) in [6.45, 7) is 2.18. The predicted molar refractivity (Wildman–Crippen MR) is 92.3 cm³/mol. The zero-order valence-electron chi connectivity index (χ0n) is 12.7. The van der Waals surface area contributed by atoms with Crippen LogP contribution in [0.2, 0.25) is 0 Å². The first-order valence-corrected chi connectivity index (χ1v) is 8.12. The summed E-state index contributed by atoms with van der Waals surface area (Å²) in [5, 5.41) is 7.07. The van der Waals surface area contributed by atoms with Gasteiger partial charge < -0.3 is 9.88 Å². The van der Waals surface area contributed by atoms with Gasteiger partial charge >= 0.3 is 0 Å². The SMILES string of the molecule is CC(NC(=O)Cn1cc(Br)cn1)c1ccc(-n2cccc2)cc1. The van der Waals surface area contributed by atoms with E-state index in [4.69, 9.17) is 0 Å². The Bertz CT molecular complexity index is 777. The van der Waals surface area contributed by atoms with Crippen LogP contribution in [0.15, 0.2) is 65.7 Å². The van der Waals surface area contributed by atoms with Crippen LogP contribution in [-0.2, 0) is 11.3 Å². The average Bonchev–Trinajstić information content (AvgIpc) is 3.19. The molecule has 0 bridgehead atoms. The van der Waals surface area contributed by atoms with Gasteiger partial charge in [0.15, 0.2) is 0 Å². The van der Waals surface area contributed by atoms with Crippen LogP contribution in [-0.4, -0.2) is 20.3 Å². The van der Waals surface area contributed by atoms with Gasteiger partial charge in [-0.1, -0.05) is 12.1 Å². The van der Waals surface area contributed by atoms with E-state index in [1.54, 1.807) is 17.1 Å². The summed E-state index contributed by atoms with van der Waals surface area (Å²) < 4.78 is 4.50. The zero-order chi connectivity index (χ0) is 16.2. The Hall–Kier alpha value is -2.34. The number of carbonyl (C=O) groups is 1. The Labute approximate surface area is 143 Å². The third-order valence-electron chi connectivity index (χ3n) is 3.58. The highest BCUT2D eigenvalue weighted by molar-refractivity contribution is 9.10. The average molecular weight is 373 g/mol. The van der Waals surface area contributed by atoms with Gasteiger partial charge in [-0.3, -0.25) is 9.48 Å². The Morgan fingerprint density at radius 3 is 2.57 bits per heavy atom. The molecule has 0 fully saturated rings. The number of hydrogen-bond donors (Lipinski definition) is 1. The molecule has 2 aromatic heterocycles. The molecule has 0 saturated heterocycles. The molecule has 118 valence electrons. The standard InChI is InChI=1S/C17H17BrN4O/c1-13(20-17(23)12-22-11-15(18)10-19-22)14-4-6-16(7-5-14)21-8-2-3-9-21/h2-11,13H,12H2,1H3,(H,20,23). The molecule has 0 radical (unpaired) electrons. The highest BCUT2D eigenvalue weighted by atomic mass is 79.9. The third kappa shape index (κ3) is 3.90. The topological polar surface area (TPSA) is 51.9 Å². The van der Waals surface area contributed by atoms with Crippen molar-refractivity contribution in [1.29, 1.82) is 0 Å². The van der Waals surface area contributed by atoms with Crippen LogP contribution in [0.25, 0.3) is 5.69 Å². The van der Waals surface area contributed by atoms with Gasteiger partial charge in [0.05, 0.1) is 16.7 Å². The molecule has 6 heteroatoms. The number of benzene rings is 1. The summed E-state index contributed by atoms with van der Waals surface area (Å²) in [5.41, 5.74) is 2.16. The first-order chi connectivity index (χ1) is 11.1. The second kappa shape index (κ2) is 6.83. The van der Waals surface area contributed by atoms with Gasteiger partial charge in [0.2, 0.25) is 5.91 Å². The van der Waals surface area contributed by atoms with E-state index >= 15 is 0 Å². The fraction of sp³-hybridized carbons (Fsp3) is 0.176. The molecule has 0 aliphatic heterocycles. The molecule has 1 N–H and O–H groups in total. The Balaban J connectivity index is 1.61. The van der Waals surface area contributed by atoms with Crippen LogP contribution in [0.3, 0.4) is 0 Å². The molecule has 1 aromatic carbocycles. The van der Waals surface area contributed by atoms with E-state index in [0.29, 0.717) is 0 Å². The summed E-state index contributed by atoms with van der Waals surface area (Å²) in [5.74, 6) is -0.0670. The van der Waals surface area contributed by atoms with Crippen molar-refractivity contribution in [1.82, 2.24) is 19.7 Å². The van der Waals surface area contributed by atoms with Crippen LogP contribution in [0.5, 0.6) is 0 Å². The van der Waals surface area contributed by atoms with Crippen molar-refractivity contribution < 1.29 is 4.79 Å². The summed E-state index contributed by atoms with van der Waals surface area (Å²) in [4.78, 5) is 12.1. The molecular formula is C17H17BrN4O. The first-order valence-electron chi connectivity index (χ1n) is 7.32. The molecule has 1 unspecified atom stereocenters. The lowest BCUT2D eigenvalue weighted by molar-refractivity contribution is -0.122. The van der Waals surface area contributed by atoms with Gasteiger partial charge in [0.1, 0.15) is 6.54 Å². The summed E-state index contributed by atoms with van der Waals surface area (Å²) in [6.07, 6.45) is 7.44. The van der Waals surface area contributed by atoms with E-state index in [-0.39, 0.29) is 18.5 Å². The van der Waals surface area contributed by atoms with Crippen LogP contribution < -0.4 is 5.32 Å². The molecule has 3 rings (SSSR count). The Morgan fingerprint density at radius 1 is 1.26 bits per heavy atom. The van der Waals surface area contributed by atoms with E-state index in [1.165, 1.54) is 0 Å². The third-order valence-corrected chi connectivity index (χ3v) is 3.99. The van der Waals surface area contributed by atoms with Crippen molar-refractivity contribution in [2.24, 2.45) is 0 Å². The van der Waals surface area contributed by atoms with Crippen molar-refractivity contribution in [2.75, 3.05) is 0 Å². The lowest BCUT2D eigenvalue weighted by Gasteiger charge is -2.15. The van der Waals surface area contributed by atoms with E-state index in [0.717, 1.165) is 15.7 Å². The minimum absolute atomic E-state index is 0.0554. The molecule has 2 heterocycles.